The molecule has 0 aromatic carbocycles. The van der Waals surface area contributed by atoms with Crippen molar-refractivity contribution in [1.82, 2.24) is 10.2 Å². The fraction of sp³-hybridized carbons (Fsp3) is 0.889. The van der Waals surface area contributed by atoms with Crippen LogP contribution in [0.4, 0.5) is 0 Å². The molecule has 1 saturated heterocycles. The molecule has 1 amide bonds. The number of nitrogens with zero attached hydrogens (tertiary/aromatic N) is 1. The Kier molecular flexibility index (Phi) is 6.08. The summed E-state index contributed by atoms with van der Waals surface area (Å²) in [5.74, 6) is 0.275. The zero-order chi connectivity index (χ0) is 8.97. The maximum atomic E-state index is 11.7. The molecule has 78 valence electrons. The normalized spacial score (nSPS) is 20.9. The summed E-state index contributed by atoms with van der Waals surface area (Å²) in [6.07, 6.45) is 2.15. The molecule has 1 atom stereocenters. The van der Waals surface area contributed by atoms with Gasteiger partial charge in [0.05, 0.1) is 6.04 Å². The number of carbonyl (C=O) groups is 1. The van der Waals surface area contributed by atoms with Crippen molar-refractivity contribution >= 4 is 18.3 Å². The van der Waals surface area contributed by atoms with Gasteiger partial charge in [-0.1, -0.05) is 0 Å². The van der Waals surface area contributed by atoms with E-state index in [2.05, 4.69) is 5.32 Å². The quantitative estimate of drug-likeness (QED) is 0.748. The molecule has 3 nitrogen and oxygen atoms in total. The SMILES string of the molecule is CCN(CC)C(=O)[C@@H]1CCCN1.Cl. The second kappa shape index (κ2) is 6.22. The van der Waals surface area contributed by atoms with Crippen molar-refractivity contribution in [1.29, 1.82) is 0 Å². The molecule has 0 unspecified atom stereocenters. The predicted molar refractivity (Wildman–Crippen MR) is 56.2 cm³/mol. The lowest BCUT2D eigenvalue weighted by molar-refractivity contribution is -0.132. The maximum absolute atomic E-state index is 11.7. The van der Waals surface area contributed by atoms with E-state index in [9.17, 15) is 4.79 Å². The van der Waals surface area contributed by atoms with Gasteiger partial charge in [-0.3, -0.25) is 4.79 Å². The maximum Gasteiger partial charge on any atom is 0.239 e. The summed E-state index contributed by atoms with van der Waals surface area (Å²) < 4.78 is 0. The second-order valence-corrected chi connectivity index (χ2v) is 3.16. The molecule has 0 aromatic rings. The molecule has 1 rings (SSSR count). The predicted octanol–water partition coefficient (Wildman–Crippen LogP) is 1.03. The summed E-state index contributed by atoms with van der Waals surface area (Å²) in [6.45, 7) is 6.70. The number of hydrogen-bond acceptors (Lipinski definition) is 2. The molecule has 1 aliphatic rings. The van der Waals surface area contributed by atoms with E-state index in [0.717, 1.165) is 32.5 Å². The summed E-state index contributed by atoms with van der Waals surface area (Å²) in [5, 5.41) is 3.21. The Morgan fingerprint density at radius 1 is 1.46 bits per heavy atom. The first-order valence-corrected chi connectivity index (χ1v) is 4.81. The van der Waals surface area contributed by atoms with Gasteiger partial charge in [0.2, 0.25) is 5.91 Å². The monoisotopic (exact) mass is 206 g/mol. The van der Waals surface area contributed by atoms with E-state index >= 15 is 0 Å². The molecule has 13 heavy (non-hydrogen) atoms. The minimum Gasteiger partial charge on any atom is -0.342 e. The number of carbonyl (C=O) groups excluding carboxylic acids is 1. The molecule has 1 aliphatic heterocycles. The van der Waals surface area contributed by atoms with Crippen LogP contribution < -0.4 is 5.32 Å². The van der Waals surface area contributed by atoms with Gasteiger partial charge in [-0.25, -0.2) is 0 Å². The van der Waals surface area contributed by atoms with E-state index in [1.54, 1.807) is 0 Å². The Bertz CT molecular complexity index is 150. The Hall–Kier alpha value is -0.280. The largest absolute Gasteiger partial charge is 0.342 e. The van der Waals surface area contributed by atoms with Gasteiger partial charge in [0.15, 0.2) is 0 Å². The van der Waals surface area contributed by atoms with E-state index in [0.29, 0.717) is 0 Å². The summed E-state index contributed by atoms with van der Waals surface area (Å²) in [7, 11) is 0. The van der Waals surface area contributed by atoms with Crippen molar-refractivity contribution in [3.05, 3.63) is 0 Å². The Morgan fingerprint density at radius 3 is 2.46 bits per heavy atom. The smallest absolute Gasteiger partial charge is 0.239 e. The van der Waals surface area contributed by atoms with Crippen LogP contribution in [0.1, 0.15) is 26.7 Å². The fourth-order valence-electron chi connectivity index (χ4n) is 1.65. The molecule has 4 heteroatoms. The molecule has 1 heterocycles. The van der Waals surface area contributed by atoms with E-state index in [-0.39, 0.29) is 24.4 Å². The highest BCUT2D eigenvalue weighted by molar-refractivity contribution is 5.85. The minimum atomic E-state index is 0. The molecule has 0 saturated carbocycles. The molecule has 1 N–H and O–H groups in total. The van der Waals surface area contributed by atoms with Crippen LogP contribution in [-0.2, 0) is 4.79 Å². The molecular formula is C9H19ClN2O. The second-order valence-electron chi connectivity index (χ2n) is 3.16. The van der Waals surface area contributed by atoms with Crippen molar-refractivity contribution in [2.75, 3.05) is 19.6 Å². The van der Waals surface area contributed by atoms with Crippen molar-refractivity contribution in [2.24, 2.45) is 0 Å². The van der Waals surface area contributed by atoms with E-state index in [1.165, 1.54) is 0 Å². The summed E-state index contributed by atoms with van der Waals surface area (Å²) >= 11 is 0. The average Bonchev–Trinajstić information content (AvgIpc) is 2.58. The first-order valence-electron chi connectivity index (χ1n) is 4.81. The lowest BCUT2D eigenvalue weighted by atomic mass is 10.2. The van der Waals surface area contributed by atoms with Crippen LogP contribution >= 0.6 is 12.4 Å². The van der Waals surface area contributed by atoms with E-state index in [1.807, 2.05) is 18.7 Å². The van der Waals surface area contributed by atoms with Gasteiger partial charge in [0.1, 0.15) is 0 Å². The topological polar surface area (TPSA) is 32.3 Å². The first-order chi connectivity index (χ1) is 5.79. The molecule has 1 fully saturated rings. The van der Waals surface area contributed by atoms with Crippen LogP contribution in [0, 0.1) is 0 Å². The summed E-state index contributed by atoms with van der Waals surface area (Å²) in [6, 6.07) is 0.102. The molecule has 0 bridgehead atoms. The third-order valence-electron chi connectivity index (χ3n) is 2.43. The van der Waals surface area contributed by atoms with Gasteiger partial charge in [-0.15, -0.1) is 12.4 Å². The Morgan fingerprint density at radius 2 is 2.08 bits per heavy atom. The van der Waals surface area contributed by atoms with Crippen LogP contribution in [0.25, 0.3) is 0 Å². The first kappa shape index (κ1) is 12.7. The van der Waals surface area contributed by atoms with Crippen LogP contribution in [0.5, 0.6) is 0 Å². The molecule has 0 aliphatic carbocycles. The van der Waals surface area contributed by atoms with Gasteiger partial charge in [0.25, 0.3) is 0 Å². The van der Waals surface area contributed by atoms with Gasteiger partial charge in [0, 0.05) is 13.1 Å². The number of halogens is 1. The summed E-state index contributed by atoms with van der Waals surface area (Å²) in [4.78, 5) is 13.6. The average molecular weight is 207 g/mol. The number of likely N-dealkylation sites (N-methyl/N-ethyl adjacent to an activating group) is 1. The van der Waals surface area contributed by atoms with Crippen LogP contribution in [0.15, 0.2) is 0 Å². The Labute approximate surface area is 86.3 Å². The molecule has 0 radical (unpaired) electrons. The minimum absolute atomic E-state index is 0. The zero-order valence-electron chi connectivity index (χ0n) is 8.38. The van der Waals surface area contributed by atoms with Crippen molar-refractivity contribution in [2.45, 2.75) is 32.7 Å². The van der Waals surface area contributed by atoms with Crippen molar-refractivity contribution in [3.8, 4) is 0 Å². The highest BCUT2D eigenvalue weighted by atomic mass is 35.5. The van der Waals surface area contributed by atoms with Crippen LogP contribution in [0.2, 0.25) is 0 Å². The van der Waals surface area contributed by atoms with Crippen molar-refractivity contribution < 1.29 is 4.79 Å². The lowest BCUT2D eigenvalue weighted by Crippen LogP contribution is -2.43. The van der Waals surface area contributed by atoms with Gasteiger partial charge < -0.3 is 10.2 Å². The van der Waals surface area contributed by atoms with Gasteiger partial charge in [-0.05, 0) is 33.2 Å². The number of rotatable bonds is 3. The highest BCUT2D eigenvalue weighted by Gasteiger charge is 2.24. The number of amides is 1. The fourth-order valence-corrected chi connectivity index (χ4v) is 1.65. The standard InChI is InChI=1S/C9H18N2O.ClH/c1-3-11(4-2)9(12)8-6-5-7-10-8;/h8,10H,3-7H2,1-2H3;1H/t8-;/m0./s1. The van der Waals surface area contributed by atoms with Gasteiger partial charge >= 0.3 is 0 Å². The van der Waals surface area contributed by atoms with E-state index in [4.69, 9.17) is 0 Å². The molecule has 0 spiro atoms. The highest BCUT2D eigenvalue weighted by Crippen LogP contribution is 2.07. The van der Waals surface area contributed by atoms with E-state index < -0.39 is 0 Å². The summed E-state index contributed by atoms with van der Waals surface area (Å²) in [5.41, 5.74) is 0. The van der Waals surface area contributed by atoms with Gasteiger partial charge in [-0.2, -0.15) is 0 Å². The lowest BCUT2D eigenvalue weighted by Gasteiger charge is -2.22. The molecular weight excluding hydrogens is 188 g/mol. The zero-order valence-corrected chi connectivity index (χ0v) is 9.19. The molecule has 0 aromatic heterocycles. The Balaban J connectivity index is 0.00000144. The van der Waals surface area contributed by atoms with Crippen LogP contribution in [0.3, 0.4) is 0 Å². The third-order valence-corrected chi connectivity index (χ3v) is 2.43. The third kappa shape index (κ3) is 3.16. The number of hydrogen-bond donors (Lipinski definition) is 1. The number of nitrogens with one attached hydrogen (secondary N) is 1. The van der Waals surface area contributed by atoms with Crippen molar-refractivity contribution in [3.63, 3.8) is 0 Å². The van der Waals surface area contributed by atoms with Crippen LogP contribution in [-0.4, -0.2) is 36.5 Å².